The summed E-state index contributed by atoms with van der Waals surface area (Å²) in [6, 6.07) is 12.9. The van der Waals surface area contributed by atoms with Crippen molar-refractivity contribution < 1.29 is 29.0 Å². The molecule has 12 heteroatoms. The lowest BCUT2D eigenvalue weighted by molar-refractivity contribution is -0.159. The van der Waals surface area contributed by atoms with Gasteiger partial charge in [0.1, 0.15) is 16.4 Å². The number of benzene rings is 1. The quantitative estimate of drug-likeness (QED) is 0.317. The summed E-state index contributed by atoms with van der Waals surface area (Å²) in [5.41, 5.74) is 4.37. The number of furan rings is 1. The number of carboxylic acids is 2. The molecule has 5 heterocycles. The number of para-hydroxylation sites is 1. The fraction of sp³-hybridized carbons (Fsp3) is 0.323. The Labute approximate surface area is 252 Å². The number of piperazine rings is 1. The predicted molar refractivity (Wildman–Crippen MR) is 164 cm³/mol. The van der Waals surface area contributed by atoms with Gasteiger partial charge in [-0.05, 0) is 44.0 Å². The summed E-state index contributed by atoms with van der Waals surface area (Å²) in [5.74, 6) is -2.47. The monoisotopic (exact) mass is 603 g/mol. The summed E-state index contributed by atoms with van der Waals surface area (Å²) in [6.07, 6.45) is 8.49. The van der Waals surface area contributed by atoms with Crippen LogP contribution in [0, 0.1) is 0 Å². The Morgan fingerprint density at radius 1 is 1.02 bits per heavy atom. The molecular formula is C31H33N5O6S. The molecule has 1 amide bonds. The van der Waals surface area contributed by atoms with E-state index < -0.39 is 11.9 Å². The number of hydrogen-bond donors (Lipinski definition) is 2. The molecule has 2 aliphatic rings. The summed E-state index contributed by atoms with van der Waals surface area (Å²) < 4.78 is 5.73. The lowest BCUT2D eigenvalue weighted by atomic mass is 9.98. The number of aliphatic carboxylic acids is 2. The van der Waals surface area contributed by atoms with Crippen molar-refractivity contribution in [3.05, 3.63) is 72.1 Å². The number of pyridine rings is 1. The molecule has 0 unspecified atom stereocenters. The van der Waals surface area contributed by atoms with Crippen molar-refractivity contribution in [1.29, 1.82) is 0 Å². The molecule has 0 radical (unpaired) electrons. The van der Waals surface area contributed by atoms with Crippen LogP contribution in [-0.4, -0.2) is 92.6 Å². The molecule has 1 aromatic carbocycles. The van der Waals surface area contributed by atoms with E-state index in [2.05, 4.69) is 65.0 Å². The van der Waals surface area contributed by atoms with Crippen LogP contribution in [0.5, 0.6) is 0 Å². The second kappa shape index (κ2) is 13.2. The minimum absolute atomic E-state index is 0.199. The first-order chi connectivity index (χ1) is 20.7. The Morgan fingerprint density at radius 3 is 2.40 bits per heavy atom. The largest absolute Gasteiger partial charge is 0.473 e. The molecule has 6 rings (SSSR count). The predicted octanol–water partition coefficient (Wildman–Crippen LogP) is 4.32. The highest BCUT2D eigenvalue weighted by atomic mass is 32.1. The molecule has 1 saturated heterocycles. The van der Waals surface area contributed by atoms with Crippen molar-refractivity contribution in [2.75, 3.05) is 37.6 Å². The Balaban J connectivity index is 0.000000559. The highest BCUT2D eigenvalue weighted by Gasteiger charge is 2.32. The van der Waals surface area contributed by atoms with Crippen LogP contribution >= 0.6 is 11.3 Å². The second-order valence-electron chi connectivity index (χ2n) is 10.6. The maximum Gasteiger partial charge on any atom is 0.414 e. The number of fused-ring (bicyclic) bond motifs is 1. The number of anilines is 1. The third-order valence-corrected chi connectivity index (χ3v) is 8.56. The lowest BCUT2D eigenvalue weighted by Gasteiger charge is -2.45. The number of aromatic nitrogens is 2. The van der Waals surface area contributed by atoms with Gasteiger partial charge in [-0.1, -0.05) is 24.3 Å². The molecule has 0 saturated carbocycles. The first-order valence-electron chi connectivity index (χ1n) is 14.0. The normalized spacial score (nSPS) is 19.0. The SMILES string of the molecule is C[C@@H]1CN(c2ccc(-c3nccs3)cn2)C[C@H](C)N1CC(=O)N1CC=C(c2cccc3ccoc23)CC1.O=C(O)C(=O)O. The highest BCUT2D eigenvalue weighted by molar-refractivity contribution is 7.13. The Hall–Kier alpha value is -4.55. The van der Waals surface area contributed by atoms with E-state index in [0.29, 0.717) is 13.1 Å². The van der Waals surface area contributed by atoms with Gasteiger partial charge in [0.15, 0.2) is 0 Å². The summed E-state index contributed by atoms with van der Waals surface area (Å²) in [6.45, 7) is 7.93. The van der Waals surface area contributed by atoms with Gasteiger partial charge in [-0.2, -0.15) is 0 Å². The Bertz CT molecular complexity index is 1590. The molecule has 0 spiro atoms. The van der Waals surface area contributed by atoms with Gasteiger partial charge in [-0.25, -0.2) is 19.6 Å². The maximum atomic E-state index is 13.3. The number of amides is 1. The second-order valence-corrected chi connectivity index (χ2v) is 11.5. The van der Waals surface area contributed by atoms with Gasteiger partial charge < -0.3 is 24.4 Å². The van der Waals surface area contributed by atoms with Crippen molar-refractivity contribution in [3.8, 4) is 10.6 Å². The van der Waals surface area contributed by atoms with Gasteiger partial charge >= 0.3 is 11.9 Å². The lowest BCUT2D eigenvalue weighted by Crippen LogP contribution is -2.59. The molecule has 43 heavy (non-hydrogen) atoms. The molecule has 224 valence electrons. The van der Waals surface area contributed by atoms with Crippen molar-refractivity contribution in [2.24, 2.45) is 0 Å². The van der Waals surface area contributed by atoms with Crippen molar-refractivity contribution in [2.45, 2.75) is 32.4 Å². The highest BCUT2D eigenvalue weighted by Crippen LogP contribution is 2.30. The molecule has 4 aromatic rings. The molecule has 2 N–H and O–H groups in total. The fourth-order valence-corrected chi connectivity index (χ4v) is 6.19. The number of hydrogen-bond acceptors (Lipinski definition) is 9. The van der Waals surface area contributed by atoms with Crippen LogP contribution in [0.4, 0.5) is 5.82 Å². The van der Waals surface area contributed by atoms with E-state index in [0.717, 1.165) is 59.0 Å². The maximum absolute atomic E-state index is 13.3. The third-order valence-electron chi connectivity index (χ3n) is 7.74. The number of thiazole rings is 1. The molecule has 3 aromatic heterocycles. The van der Waals surface area contributed by atoms with E-state index in [9.17, 15) is 4.79 Å². The van der Waals surface area contributed by atoms with Gasteiger partial charge in [-0.15, -0.1) is 11.3 Å². The number of nitrogens with zero attached hydrogens (tertiary/aromatic N) is 5. The van der Waals surface area contributed by atoms with E-state index >= 15 is 0 Å². The van der Waals surface area contributed by atoms with Crippen molar-refractivity contribution in [3.63, 3.8) is 0 Å². The summed E-state index contributed by atoms with van der Waals surface area (Å²) >= 11 is 1.62. The third kappa shape index (κ3) is 6.92. The van der Waals surface area contributed by atoms with E-state index in [-0.39, 0.29) is 18.0 Å². The molecule has 1 fully saturated rings. The average Bonchev–Trinajstić information content (AvgIpc) is 3.72. The minimum atomic E-state index is -1.82. The zero-order chi connectivity index (χ0) is 30.5. The zero-order valence-corrected chi connectivity index (χ0v) is 24.7. The first kappa shape index (κ1) is 29.9. The minimum Gasteiger partial charge on any atom is -0.473 e. The topological polar surface area (TPSA) is 140 Å². The molecule has 2 aliphatic heterocycles. The number of carboxylic acid groups (broad SMARTS) is 2. The van der Waals surface area contributed by atoms with E-state index in [4.69, 9.17) is 29.2 Å². The Kier molecular flexibility index (Phi) is 9.17. The van der Waals surface area contributed by atoms with Gasteiger partial charge in [0.25, 0.3) is 0 Å². The van der Waals surface area contributed by atoms with Crippen LogP contribution < -0.4 is 4.90 Å². The molecular weight excluding hydrogens is 570 g/mol. The van der Waals surface area contributed by atoms with Crippen LogP contribution in [0.25, 0.3) is 27.1 Å². The molecule has 0 bridgehead atoms. The molecule has 11 nitrogen and oxygen atoms in total. The number of carbonyl (C=O) groups excluding carboxylic acids is 1. The van der Waals surface area contributed by atoms with Crippen LogP contribution in [0.1, 0.15) is 25.8 Å². The summed E-state index contributed by atoms with van der Waals surface area (Å²) in [7, 11) is 0. The number of carbonyl (C=O) groups is 3. The molecule has 0 aliphatic carbocycles. The van der Waals surface area contributed by atoms with Gasteiger partial charge in [0.2, 0.25) is 5.91 Å². The fourth-order valence-electron chi connectivity index (χ4n) is 5.56. The van der Waals surface area contributed by atoms with Crippen LogP contribution in [0.2, 0.25) is 0 Å². The Morgan fingerprint density at radius 2 is 1.79 bits per heavy atom. The van der Waals surface area contributed by atoms with Crippen LogP contribution in [-0.2, 0) is 14.4 Å². The number of rotatable bonds is 5. The standard InChI is InChI=1S/C29H31N5O2S.C2H2O4/c1-20-17-33(26-7-6-24(16-31-26)29-30-11-15-37-29)18-21(2)34(20)19-27(35)32-12-8-22(9-13-32)25-5-3-4-23-10-14-36-28(23)25;3-1(4)2(5)6/h3-8,10-11,14-16,20-21H,9,12-13,17-19H2,1-2H3;(H,3,4)(H,5,6)/t20-,21+;. The smallest absolute Gasteiger partial charge is 0.414 e. The van der Waals surface area contributed by atoms with Crippen molar-refractivity contribution >= 4 is 51.5 Å². The van der Waals surface area contributed by atoms with Gasteiger partial charge in [0, 0.05) is 72.5 Å². The van der Waals surface area contributed by atoms with Crippen molar-refractivity contribution in [1.82, 2.24) is 19.8 Å². The average molecular weight is 604 g/mol. The van der Waals surface area contributed by atoms with Crippen LogP contribution in [0.15, 0.2) is 70.9 Å². The summed E-state index contributed by atoms with van der Waals surface area (Å²) in [5, 5.41) is 18.9. The van der Waals surface area contributed by atoms with Crippen LogP contribution in [0.3, 0.4) is 0 Å². The molecule has 2 atom stereocenters. The summed E-state index contributed by atoms with van der Waals surface area (Å²) in [4.78, 5) is 47.2. The van der Waals surface area contributed by atoms with Gasteiger partial charge in [-0.3, -0.25) is 9.69 Å². The zero-order valence-electron chi connectivity index (χ0n) is 23.9. The van der Waals surface area contributed by atoms with Gasteiger partial charge in [0.05, 0.1) is 12.8 Å². The van der Waals surface area contributed by atoms with E-state index in [1.54, 1.807) is 17.6 Å². The first-order valence-corrected chi connectivity index (χ1v) is 14.9. The van der Waals surface area contributed by atoms with E-state index in [1.807, 2.05) is 28.7 Å². The van der Waals surface area contributed by atoms with E-state index in [1.165, 1.54) is 5.57 Å².